The number of thiazole rings is 1. The van der Waals surface area contributed by atoms with Gasteiger partial charge >= 0.3 is 0 Å². The Morgan fingerprint density at radius 1 is 1.50 bits per heavy atom. The first kappa shape index (κ1) is 15.4. The zero-order valence-electron chi connectivity index (χ0n) is 12.2. The first-order valence-corrected chi connectivity index (χ1v) is 8.23. The Kier molecular flexibility index (Phi) is 6.42. The summed E-state index contributed by atoms with van der Waals surface area (Å²) in [6.07, 6.45) is 2.37. The molecule has 0 aromatic carbocycles. The number of carbonyl (C=O) groups excluding carboxylic acids is 1. The van der Waals surface area contributed by atoms with E-state index in [0.717, 1.165) is 62.8 Å². The third-order valence-electron chi connectivity index (χ3n) is 3.46. The van der Waals surface area contributed by atoms with Crippen LogP contribution in [0.1, 0.15) is 23.5 Å². The van der Waals surface area contributed by atoms with Crippen LogP contribution in [-0.4, -0.2) is 55.1 Å². The summed E-state index contributed by atoms with van der Waals surface area (Å²) in [6, 6.07) is 0. The summed E-state index contributed by atoms with van der Waals surface area (Å²) in [5, 5.41) is 9.51. The van der Waals surface area contributed by atoms with E-state index in [2.05, 4.69) is 25.9 Å². The molecule has 6 heteroatoms. The first-order valence-electron chi connectivity index (χ1n) is 7.35. The third-order valence-corrected chi connectivity index (χ3v) is 4.29. The SMILES string of the molecule is Cc1nc(CCCC(=O)NCCN2CCNCC2)cs1. The standard InChI is InChI=1S/C14H24N4OS/c1-12-17-13(11-20-12)3-2-4-14(19)16-7-10-18-8-5-15-6-9-18/h11,15H,2-10H2,1H3,(H,16,19). The molecule has 5 nitrogen and oxygen atoms in total. The first-order chi connectivity index (χ1) is 9.74. The molecule has 1 fully saturated rings. The van der Waals surface area contributed by atoms with Crippen molar-refractivity contribution >= 4 is 17.2 Å². The highest BCUT2D eigenvalue weighted by Gasteiger charge is 2.09. The van der Waals surface area contributed by atoms with Gasteiger partial charge in [-0.3, -0.25) is 9.69 Å². The topological polar surface area (TPSA) is 57.3 Å². The summed E-state index contributed by atoms with van der Waals surface area (Å²) < 4.78 is 0. The van der Waals surface area contributed by atoms with Gasteiger partial charge < -0.3 is 10.6 Å². The molecule has 1 saturated heterocycles. The molecule has 0 bridgehead atoms. The second-order valence-corrected chi connectivity index (χ2v) is 6.22. The molecule has 0 unspecified atom stereocenters. The lowest BCUT2D eigenvalue weighted by molar-refractivity contribution is -0.121. The van der Waals surface area contributed by atoms with Crippen LogP contribution in [0.5, 0.6) is 0 Å². The van der Waals surface area contributed by atoms with Gasteiger partial charge in [-0.1, -0.05) is 0 Å². The van der Waals surface area contributed by atoms with Gasteiger partial charge in [-0.15, -0.1) is 11.3 Å². The van der Waals surface area contributed by atoms with Crippen LogP contribution >= 0.6 is 11.3 Å². The fraction of sp³-hybridized carbons (Fsp3) is 0.714. The Morgan fingerprint density at radius 3 is 3.00 bits per heavy atom. The van der Waals surface area contributed by atoms with Crippen molar-refractivity contribution in [2.45, 2.75) is 26.2 Å². The van der Waals surface area contributed by atoms with E-state index in [1.54, 1.807) is 11.3 Å². The number of amides is 1. The van der Waals surface area contributed by atoms with E-state index in [4.69, 9.17) is 0 Å². The molecule has 1 aliphatic rings. The molecular formula is C14H24N4OS. The normalized spacial score (nSPS) is 16.2. The van der Waals surface area contributed by atoms with Gasteiger partial charge in [0.2, 0.25) is 5.91 Å². The van der Waals surface area contributed by atoms with Gasteiger partial charge in [-0.25, -0.2) is 4.98 Å². The highest BCUT2D eigenvalue weighted by atomic mass is 32.1. The third kappa shape index (κ3) is 5.56. The number of aromatic nitrogens is 1. The van der Waals surface area contributed by atoms with Crippen LogP contribution in [0.2, 0.25) is 0 Å². The highest BCUT2D eigenvalue weighted by molar-refractivity contribution is 7.09. The van der Waals surface area contributed by atoms with Crippen molar-refractivity contribution in [1.82, 2.24) is 20.5 Å². The summed E-state index contributed by atoms with van der Waals surface area (Å²) in [7, 11) is 0. The van der Waals surface area contributed by atoms with Crippen LogP contribution in [0.25, 0.3) is 0 Å². The lowest BCUT2D eigenvalue weighted by Crippen LogP contribution is -2.46. The van der Waals surface area contributed by atoms with Crippen molar-refractivity contribution in [2.75, 3.05) is 39.3 Å². The molecule has 0 atom stereocenters. The number of piperazine rings is 1. The monoisotopic (exact) mass is 296 g/mol. The maximum absolute atomic E-state index is 11.7. The number of carbonyl (C=O) groups is 1. The molecule has 0 spiro atoms. The Morgan fingerprint density at radius 2 is 2.30 bits per heavy atom. The second-order valence-electron chi connectivity index (χ2n) is 5.15. The van der Waals surface area contributed by atoms with Crippen LogP contribution in [0.3, 0.4) is 0 Å². The van der Waals surface area contributed by atoms with Crippen molar-refractivity contribution in [3.63, 3.8) is 0 Å². The summed E-state index contributed by atoms with van der Waals surface area (Å²) in [6.45, 7) is 8.00. The fourth-order valence-corrected chi connectivity index (χ4v) is 2.98. The summed E-state index contributed by atoms with van der Waals surface area (Å²) >= 11 is 1.67. The van der Waals surface area contributed by atoms with Gasteiger partial charge in [0.15, 0.2) is 0 Å². The molecule has 112 valence electrons. The van der Waals surface area contributed by atoms with E-state index in [9.17, 15) is 4.79 Å². The number of nitrogens with zero attached hydrogens (tertiary/aromatic N) is 2. The largest absolute Gasteiger partial charge is 0.355 e. The van der Waals surface area contributed by atoms with Crippen molar-refractivity contribution < 1.29 is 4.79 Å². The predicted molar refractivity (Wildman–Crippen MR) is 82.1 cm³/mol. The molecule has 2 N–H and O–H groups in total. The second kappa shape index (κ2) is 8.34. The number of nitrogens with one attached hydrogen (secondary N) is 2. The zero-order chi connectivity index (χ0) is 14.2. The molecule has 20 heavy (non-hydrogen) atoms. The molecule has 1 aromatic heterocycles. The maximum atomic E-state index is 11.7. The van der Waals surface area contributed by atoms with E-state index in [1.165, 1.54) is 0 Å². The number of hydrogen-bond acceptors (Lipinski definition) is 5. The minimum Gasteiger partial charge on any atom is -0.355 e. The average Bonchev–Trinajstić information content (AvgIpc) is 2.86. The lowest BCUT2D eigenvalue weighted by atomic mass is 10.2. The maximum Gasteiger partial charge on any atom is 0.220 e. The van der Waals surface area contributed by atoms with Crippen molar-refractivity contribution in [3.8, 4) is 0 Å². The molecular weight excluding hydrogens is 272 g/mol. The molecule has 2 heterocycles. The van der Waals surface area contributed by atoms with Gasteiger partial charge in [0.05, 0.1) is 10.7 Å². The zero-order valence-corrected chi connectivity index (χ0v) is 13.0. The van der Waals surface area contributed by atoms with Crippen LogP contribution in [0, 0.1) is 6.92 Å². The number of hydrogen-bond donors (Lipinski definition) is 2. The molecule has 1 aromatic rings. The Labute approximate surface area is 124 Å². The Balaban J connectivity index is 1.51. The van der Waals surface area contributed by atoms with Crippen molar-refractivity contribution in [1.29, 1.82) is 0 Å². The van der Waals surface area contributed by atoms with E-state index in [0.29, 0.717) is 6.42 Å². The smallest absolute Gasteiger partial charge is 0.220 e. The van der Waals surface area contributed by atoms with E-state index >= 15 is 0 Å². The molecule has 1 amide bonds. The van der Waals surface area contributed by atoms with Crippen molar-refractivity contribution in [3.05, 3.63) is 16.1 Å². The van der Waals surface area contributed by atoms with Crippen LogP contribution in [-0.2, 0) is 11.2 Å². The Bertz CT molecular complexity index is 415. The van der Waals surface area contributed by atoms with Gasteiger partial charge in [-0.2, -0.15) is 0 Å². The number of aryl methyl sites for hydroxylation is 2. The summed E-state index contributed by atoms with van der Waals surface area (Å²) in [4.78, 5) is 18.5. The predicted octanol–water partition coefficient (Wildman–Crippen LogP) is 0.796. The van der Waals surface area contributed by atoms with E-state index in [1.807, 2.05) is 6.92 Å². The summed E-state index contributed by atoms with van der Waals surface area (Å²) in [5.41, 5.74) is 1.11. The van der Waals surface area contributed by atoms with Gasteiger partial charge in [0.1, 0.15) is 0 Å². The van der Waals surface area contributed by atoms with Crippen LogP contribution in [0.15, 0.2) is 5.38 Å². The lowest BCUT2D eigenvalue weighted by Gasteiger charge is -2.27. The highest BCUT2D eigenvalue weighted by Crippen LogP contribution is 2.10. The fourth-order valence-electron chi connectivity index (χ4n) is 2.33. The quantitative estimate of drug-likeness (QED) is 0.781. The van der Waals surface area contributed by atoms with Gasteiger partial charge in [-0.05, 0) is 19.8 Å². The van der Waals surface area contributed by atoms with Gasteiger partial charge in [0, 0.05) is 51.1 Å². The van der Waals surface area contributed by atoms with Gasteiger partial charge in [0.25, 0.3) is 0 Å². The average molecular weight is 296 g/mol. The van der Waals surface area contributed by atoms with E-state index < -0.39 is 0 Å². The molecule has 0 aliphatic carbocycles. The minimum atomic E-state index is 0.159. The van der Waals surface area contributed by atoms with Crippen LogP contribution < -0.4 is 10.6 Å². The molecule has 0 radical (unpaired) electrons. The molecule has 1 aliphatic heterocycles. The molecule has 2 rings (SSSR count). The number of rotatable bonds is 7. The van der Waals surface area contributed by atoms with E-state index in [-0.39, 0.29) is 5.91 Å². The molecule has 0 saturated carbocycles. The minimum absolute atomic E-state index is 0.159. The van der Waals surface area contributed by atoms with Crippen LogP contribution in [0.4, 0.5) is 0 Å². The van der Waals surface area contributed by atoms with Crippen molar-refractivity contribution in [2.24, 2.45) is 0 Å². The summed E-state index contributed by atoms with van der Waals surface area (Å²) in [5.74, 6) is 0.159. The Hall–Kier alpha value is -0.980.